The normalized spacial score (nSPS) is 11.7. The van der Waals surface area contributed by atoms with Crippen LogP contribution in [-0.4, -0.2) is 11.1 Å². The van der Waals surface area contributed by atoms with Gasteiger partial charge in [0.2, 0.25) is 0 Å². The van der Waals surface area contributed by atoms with Crippen molar-refractivity contribution in [1.29, 1.82) is 0 Å². The van der Waals surface area contributed by atoms with Crippen molar-refractivity contribution < 1.29 is 32.2 Å². The molecule has 0 bridgehead atoms. The number of aryl methyl sites for hydroxylation is 1. The van der Waals surface area contributed by atoms with Crippen LogP contribution in [-0.2, 0) is 12.8 Å². The third-order valence-corrected chi connectivity index (χ3v) is 3.74. The van der Waals surface area contributed by atoms with Crippen LogP contribution in [0.3, 0.4) is 0 Å². The van der Waals surface area contributed by atoms with Gasteiger partial charge in [0.05, 0.1) is 5.56 Å². The van der Waals surface area contributed by atoms with Crippen molar-refractivity contribution >= 4 is 16.9 Å². The predicted molar refractivity (Wildman–Crippen MR) is 83.7 cm³/mol. The van der Waals surface area contributed by atoms with Gasteiger partial charge >= 0.3 is 12.1 Å². The second-order valence-corrected chi connectivity index (χ2v) is 5.48. The fourth-order valence-electron chi connectivity index (χ4n) is 2.51. The summed E-state index contributed by atoms with van der Waals surface area (Å²) in [6, 6.07) is 9.41. The fraction of sp³-hybridized carbons (Fsp3) is 0.167. The maximum atomic E-state index is 12.5. The highest BCUT2D eigenvalue weighted by Gasteiger charge is 2.29. The van der Waals surface area contributed by atoms with E-state index in [1.165, 1.54) is 12.1 Å². The summed E-state index contributed by atoms with van der Waals surface area (Å²) in [6.07, 6.45) is -4.38. The lowest BCUT2D eigenvalue weighted by Gasteiger charge is -2.09. The lowest BCUT2D eigenvalue weighted by molar-refractivity contribution is -0.137. The lowest BCUT2D eigenvalue weighted by atomic mass is 10.1. The average Bonchev–Trinajstić information content (AvgIpc) is 2.87. The van der Waals surface area contributed by atoms with Gasteiger partial charge in [0.25, 0.3) is 0 Å². The van der Waals surface area contributed by atoms with Gasteiger partial charge < -0.3 is 14.3 Å². The number of carboxylic acids is 1. The van der Waals surface area contributed by atoms with E-state index in [9.17, 15) is 23.1 Å². The minimum absolute atomic E-state index is 0.0584. The molecular weight excluding hydrogens is 337 g/mol. The van der Waals surface area contributed by atoms with E-state index in [-0.39, 0.29) is 12.2 Å². The zero-order valence-corrected chi connectivity index (χ0v) is 13.1. The minimum Gasteiger partial charge on any atom is -0.489 e. The molecular formula is C18H13F3O4. The predicted octanol–water partition coefficient (Wildman–Crippen LogP) is 5.04. The van der Waals surface area contributed by atoms with Crippen molar-refractivity contribution in [3.8, 4) is 5.75 Å². The first-order valence-electron chi connectivity index (χ1n) is 7.31. The van der Waals surface area contributed by atoms with Crippen molar-refractivity contribution in [1.82, 2.24) is 0 Å². The quantitative estimate of drug-likeness (QED) is 0.716. The smallest absolute Gasteiger partial charge is 0.416 e. The lowest BCUT2D eigenvalue weighted by Crippen LogP contribution is -2.05. The SMILES string of the molecule is Cc1oc2ccc(OCc3ccc(C(F)(F)F)cc3)cc2c1C(=O)O. The highest BCUT2D eigenvalue weighted by molar-refractivity contribution is 6.03. The molecule has 1 heterocycles. The van der Waals surface area contributed by atoms with Gasteiger partial charge in [-0.1, -0.05) is 12.1 Å². The molecule has 1 aromatic heterocycles. The minimum atomic E-state index is -4.38. The van der Waals surface area contributed by atoms with Gasteiger partial charge in [-0.05, 0) is 42.8 Å². The maximum absolute atomic E-state index is 12.5. The van der Waals surface area contributed by atoms with Crippen LogP contribution in [0.4, 0.5) is 13.2 Å². The van der Waals surface area contributed by atoms with Gasteiger partial charge in [-0.15, -0.1) is 0 Å². The molecule has 0 unspecified atom stereocenters. The number of hydrogen-bond acceptors (Lipinski definition) is 3. The van der Waals surface area contributed by atoms with E-state index < -0.39 is 17.7 Å². The second kappa shape index (κ2) is 6.16. The first-order chi connectivity index (χ1) is 11.8. The summed E-state index contributed by atoms with van der Waals surface area (Å²) in [5, 5.41) is 9.66. The first kappa shape index (κ1) is 16.9. The van der Waals surface area contributed by atoms with Crippen molar-refractivity contribution in [2.45, 2.75) is 19.7 Å². The van der Waals surface area contributed by atoms with Crippen LogP contribution in [0.2, 0.25) is 0 Å². The second-order valence-electron chi connectivity index (χ2n) is 5.48. The van der Waals surface area contributed by atoms with Crippen molar-refractivity contribution in [2.75, 3.05) is 0 Å². The largest absolute Gasteiger partial charge is 0.489 e. The van der Waals surface area contributed by atoms with Gasteiger partial charge in [-0.2, -0.15) is 13.2 Å². The molecule has 130 valence electrons. The van der Waals surface area contributed by atoms with Crippen molar-refractivity contribution in [2.24, 2.45) is 0 Å². The number of halogens is 3. The Labute approximate surface area is 140 Å². The summed E-state index contributed by atoms with van der Waals surface area (Å²) >= 11 is 0. The van der Waals surface area contributed by atoms with E-state index in [2.05, 4.69) is 0 Å². The molecule has 3 rings (SSSR count). The number of ether oxygens (including phenoxy) is 1. The van der Waals surface area contributed by atoms with E-state index in [4.69, 9.17) is 9.15 Å². The summed E-state index contributed by atoms with van der Waals surface area (Å²) < 4.78 is 48.5. The molecule has 0 radical (unpaired) electrons. The number of hydrogen-bond donors (Lipinski definition) is 1. The van der Waals surface area contributed by atoms with E-state index in [1.54, 1.807) is 25.1 Å². The number of fused-ring (bicyclic) bond motifs is 1. The molecule has 1 N–H and O–H groups in total. The molecule has 3 aromatic rings. The van der Waals surface area contributed by atoms with Crippen LogP contribution >= 0.6 is 0 Å². The van der Waals surface area contributed by atoms with Crippen LogP contribution in [0.5, 0.6) is 5.75 Å². The number of carboxylic acid groups (broad SMARTS) is 1. The molecule has 2 aromatic carbocycles. The zero-order valence-electron chi connectivity index (χ0n) is 13.1. The van der Waals surface area contributed by atoms with Gasteiger partial charge in [-0.3, -0.25) is 0 Å². The van der Waals surface area contributed by atoms with Gasteiger partial charge in [0, 0.05) is 5.39 Å². The topological polar surface area (TPSA) is 59.7 Å². The first-order valence-corrected chi connectivity index (χ1v) is 7.31. The zero-order chi connectivity index (χ0) is 18.2. The standard InChI is InChI=1S/C18H13F3O4/c1-10-16(17(22)23)14-8-13(6-7-15(14)25-10)24-9-11-2-4-12(5-3-11)18(19,20)21/h2-8H,9H2,1H3,(H,22,23). The molecule has 0 aliphatic rings. The van der Waals surface area contributed by atoms with Crippen LogP contribution in [0.25, 0.3) is 11.0 Å². The number of rotatable bonds is 4. The van der Waals surface area contributed by atoms with Gasteiger partial charge in [0.15, 0.2) is 0 Å². The maximum Gasteiger partial charge on any atom is 0.416 e. The van der Waals surface area contributed by atoms with Crippen LogP contribution in [0.15, 0.2) is 46.9 Å². The number of carbonyl (C=O) groups is 1. The number of furan rings is 1. The summed E-state index contributed by atoms with van der Waals surface area (Å²) in [6.45, 7) is 1.62. The third-order valence-electron chi connectivity index (χ3n) is 3.74. The molecule has 0 aliphatic carbocycles. The fourth-order valence-corrected chi connectivity index (χ4v) is 2.51. The number of aromatic carboxylic acids is 1. The number of benzene rings is 2. The highest BCUT2D eigenvalue weighted by atomic mass is 19.4. The number of alkyl halides is 3. The molecule has 4 nitrogen and oxygen atoms in total. The Balaban J connectivity index is 1.79. The third kappa shape index (κ3) is 3.45. The van der Waals surface area contributed by atoms with Crippen molar-refractivity contribution in [3.63, 3.8) is 0 Å². The Hall–Kier alpha value is -2.96. The molecule has 0 saturated heterocycles. The van der Waals surface area contributed by atoms with Crippen LogP contribution in [0.1, 0.15) is 27.2 Å². The average molecular weight is 350 g/mol. The summed E-state index contributed by atoms with van der Waals surface area (Å²) in [7, 11) is 0. The van der Waals surface area contributed by atoms with E-state index in [0.29, 0.717) is 28.0 Å². The molecule has 0 aliphatic heterocycles. The van der Waals surface area contributed by atoms with Gasteiger partial charge in [0.1, 0.15) is 29.3 Å². The monoisotopic (exact) mass is 350 g/mol. The summed E-state index contributed by atoms with van der Waals surface area (Å²) in [5.41, 5.74) is 0.333. The Morgan fingerprint density at radius 2 is 1.84 bits per heavy atom. The summed E-state index contributed by atoms with van der Waals surface area (Å²) in [5.74, 6) is -0.408. The Morgan fingerprint density at radius 3 is 2.44 bits per heavy atom. The summed E-state index contributed by atoms with van der Waals surface area (Å²) in [4.78, 5) is 11.3. The Morgan fingerprint density at radius 1 is 1.16 bits per heavy atom. The van der Waals surface area contributed by atoms with Crippen molar-refractivity contribution in [3.05, 3.63) is 64.9 Å². The molecule has 25 heavy (non-hydrogen) atoms. The molecule has 0 spiro atoms. The molecule has 0 amide bonds. The van der Waals surface area contributed by atoms with Crippen LogP contribution in [0, 0.1) is 6.92 Å². The molecule has 0 atom stereocenters. The van der Waals surface area contributed by atoms with E-state index in [1.807, 2.05) is 0 Å². The highest BCUT2D eigenvalue weighted by Crippen LogP contribution is 2.31. The Bertz CT molecular complexity index is 924. The Kier molecular flexibility index (Phi) is 4.16. The molecule has 0 saturated carbocycles. The molecule has 7 heteroatoms. The van der Waals surface area contributed by atoms with E-state index in [0.717, 1.165) is 12.1 Å². The van der Waals surface area contributed by atoms with Gasteiger partial charge in [-0.25, -0.2) is 4.79 Å². The molecule has 0 fully saturated rings. The van der Waals surface area contributed by atoms with Crippen LogP contribution < -0.4 is 4.74 Å². The van der Waals surface area contributed by atoms with E-state index >= 15 is 0 Å².